The van der Waals surface area contributed by atoms with Crippen LogP contribution in [-0.2, 0) is 4.79 Å². The van der Waals surface area contributed by atoms with Gasteiger partial charge in [0.25, 0.3) is 0 Å². The highest BCUT2D eigenvalue weighted by Gasteiger charge is 2.36. The van der Waals surface area contributed by atoms with E-state index in [2.05, 4.69) is 6.92 Å². The molecule has 2 rings (SSSR count). The second-order valence-electron chi connectivity index (χ2n) is 4.52. The normalized spacial score (nSPS) is 39.4. The van der Waals surface area contributed by atoms with Gasteiger partial charge in [-0.2, -0.15) is 0 Å². The molecule has 3 atom stereocenters. The zero-order chi connectivity index (χ0) is 9.42. The van der Waals surface area contributed by atoms with E-state index in [1.54, 1.807) is 0 Å². The third kappa shape index (κ3) is 1.57. The molecular weight excluding hydrogens is 164 g/mol. The summed E-state index contributed by atoms with van der Waals surface area (Å²) < 4.78 is 0. The summed E-state index contributed by atoms with van der Waals surface area (Å²) in [7, 11) is 0. The van der Waals surface area contributed by atoms with Crippen molar-refractivity contribution in [1.82, 2.24) is 4.90 Å². The van der Waals surface area contributed by atoms with E-state index in [4.69, 9.17) is 5.73 Å². The van der Waals surface area contributed by atoms with Gasteiger partial charge < -0.3 is 10.6 Å². The summed E-state index contributed by atoms with van der Waals surface area (Å²) in [6, 6.07) is -0.197. The van der Waals surface area contributed by atoms with E-state index >= 15 is 0 Å². The van der Waals surface area contributed by atoms with Crippen molar-refractivity contribution in [1.29, 1.82) is 0 Å². The SMILES string of the molecule is CC1CCCC1CN1CC(N)C1=O. The average molecular weight is 182 g/mol. The maximum absolute atomic E-state index is 11.3. The first-order valence-electron chi connectivity index (χ1n) is 5.23. The Morgan fingerprint density at radius 1 is 1.54 bits per heavy atom. The molecule has 3 unspecified atom stereocenters. The van der Waals surface area contributed by atoms with Gasteiger partial charge in [0.1, 0.15) is 6.04 Å². The lowest BCUT2D eigenvalue weighted by Crippen LogP contribution is -2.61. The molecule has 1 amide bonds. The van der Waals surface area contributed by atoms with Crippen LogP contribution in [0.15, 0.2) is 0 Å². The Hall–Kier alpha value is -0.570. The molecule has 0 aromatic heterocycles. The monoisotopic (exact) mass is 182 g/mol. The van der Waals surface area contributed by atoms with Crippen LogP contribution in [0.5, 0.6) is 0 Å². The number of hydrogen-bond acceptors (Lipinski definition) is 2. The molecule has 13 heavy (non-hydrogen) atoms. The third-order valence-electron chi connectivity index (χ3n) is 3.54. The lowest BCUT2D eigenvalue weighted by molar-refractivity contribution is -0.143. The van der Waals surface area contributed by atoms with Gasteiger partial charge >= 0.3 is 0 Å². The minimum atomic E-state index is -0.197. The first kappa shape index (κ1) is 9.00. The molecule has 1 saturated carbocycles. The van der Waals surface area contributed by atoms with Crippen molar-refractivity contribution in [2.75, 3.05) is 13.1 Å². The zero-order valence-electron chi connectivity index (χ0n) is 8.20. The molecule has 1 aliphatic heterocycles. The van der Waals surface area contributed by atoms with Crippen LogP contribution >= 0.6 is 0 Å². The van der Waals surface area contributed by atoms with Gasteiger partial charge in [-0.25, -0.2) is 0 Å². The zero-order valence-corrected chi connectivity index (χ0v) is 8.20. The summed E-state index contributed by atoms with van der Waals surface area (Å²) >= 11 is 0. The number of likely N-dealkylation sites (tertiary alicyclic amines) is 1. The van der Waals surface area contributed by atoms with Crippen LogP contribution in [0.25, 0.3) is 0 Å². The summed E-state index contributed by atoms with van der Waals surface area (Å²) in [5, 5.41) is 0. The van der Waals surface area contributed by atoms with Crippen LogP contribution in [0.4, 0.5) is 0 Å². The Morgan fingerprint density at radius 2 is 2.31 bits per heavy atom. The third-order valence-corrected chi connectivity index (χ3v) is 3.54. The van der Waals surface area contributed by atoms with E-state index in [0.717, 1.165) is 24.9 Å². The Labute approximate surface area is 79.3 Å². The van der Waals surface area contributed by atoms with Crippen LogP contribution < -0.4 is 5.73 Å². The van der Waals surface area contributed by atoms with Crippen molar-refractivity contribution >= 4 is 5.91 Å². The lowest BCUT2D eigenvalue weighted by atomic mass is 9.95. The molecule has 1 aliphatic carbocycles. The maximum Gasteiger partial charge on any atom is 0.241 e. The Bertz CT molecular complexity index is 217. The van der Waals surface area contributed by atoms with Gasteiger partial charge in [0.05, 0.1) is 0 Å². The first-order chi connectivity index (χ1) is 6.18. The van der Waals surface area contributed by atoms with E-state index in [0.29, 0.717) is 0 Å². The number of amides is 1. The number of carbonyl (C=O) groups is 1. The van der Waals surface area contributed by atoms with Gasteiger partial charge in [-0.15, -0.1) is 0 Å². The van der Waals surface area contributed by atoms with Crippen molar-refractivity contribution in [3.05, 3.63) is 0 Å². The van der Waals surface area contributed by atoms with Crippen molar-refractivity contribution in [2.24, 2.45) is 17.6 Å². The Kier molecular flexibility index (Phi) is 2.28. The summed E-state index contributed by atoms with van der Waals surface area (Å²) in [6.07, 6.45) is 3.96. The molecule has 0 aromatic rings. The largest absolute Gasteiger partial charge is 0.339 e. The van der Waals surface area contributed by atoms with Crippen molar-refractivity contribution < 1.29 is 4.79 Å². The number of hydrogen-bond donors (Lipinski definition) is 1. The van der Waals surface area contributed by atoms with Gasteiger partial charge in [-0.05, 0) is 18.3 Å². The van der Waals surface area contributed by atoms with Gasteiger partial charge in [-0.3, -0.25) is 4.79 Å². The van der Waals surface area contributed by atoms with Crippen LogP contribution in [0.2, 0.25) is 0 Å². The van der Waals surface area contributed by atoms with E-state index in [1.165, 1.54) is 19.3 Å². The second kappa shape index (κ2) is 3.29. The van der Waals surface area contributed by atoms with Crippen LogP contribution in [0.1, 0.15) is 26.2 Å². The summed E-state index contributed by atoms with van der Waals surface area (Å²) in [4.78, 5) is 13.2. The summed E-state index contributed by atoms with van der Waals surface area (Å²) in [5.74, 6) is 1.68. The Morgan fingerprint density at radius 3 is 2.77 bits per heavy atom. The molecular formula is C10H18N2O. The molecule has 0 bridgehead atoms. The molecule has 74 valence electrons. The van der Waals surface area contributed by atoms with Gasteiger partial charge in [0.15, 0.2) is 0 Å². The second-order valence-corrected chi connectivity index (χ2v) is 4.52. The van der Waals surface area contributed by atoms with E-state index < -0.39 is 0 Å². The predicted molar refractivity (Wildman–Crippen MR) is 51.1 cm³/mol. The number of β-lactam (4-membered cyclic amide) rings is 1. The van der Waals surface area contributed by atoms with Gasteiger partial charge in [0.2, 0.25) is 5.91 Å². The van der Waals surface area contributed by atoms with Crippen LogP contribution in [0, 0.1) is 11.8 Å². The van der Waals surface area contributed by atoms with Crippen molar-refractivity contribution in [3.63, 3.8) is 0 Å². The topological polar surface area (TPSA) is 46.3 Å². The quantitative estimate of drug-likeness (QED) is 0.635. The van der Waals surface area contributed by atoms with E-state index in [9.17, 15) is 4.79 Å². The molecule has 0 aromatic carbocycles. The van der Waals surface area contributed by atoms with Gasteiger partial charge in [0, 0.05) is 13.1 Å². The minimum absolute atomic E-state index is 0.152. The molecule has 0 spiro atoms. The number of rotatable bonds is 2. The molecule has 1 saturated heterocycles. The van der Waals surface area contributed by atoms with Crippen LogP contribution in [-0.4, -0.2) is 29.9 Å². The smallest absolute Gasteiger partial charge is 0.241 e. The van der Waals surface area contributed by atoms with Crippen LogP contribution in [0.3, 0.4) is 0 Å². The van der Waals surface area contributed by atoms with E-state index in [1.807, 2.05) is 4.90 Å². The Balaban J connectivity index is 1.82. The maximum atomic E-state index is 11.3. The highest BCUT2D eigenvalue weighted by Crippen LogP contribution is 2.32. The summed E-state index contributed by atoms with van der Waals surface area (Å²) in [6.45, 7) is 4.03. The summed E-state index contributed by atoms with van der Waals surface area (Å²) in [5.41, 5.74) is 5.53. The average Bonchev–Trinajstić information content (AvgIpc) is 2.51. The molecule has 0 radical (unpaired) electrons. The minimum Gasteiger partial charge on any atom is -0.339 e. The highest BCUT2D eigenvalue weighted by atomic mass is 16.2. The standard InChI is InChI=1S/C10H18N2O/c1-7-3-2-4-8(7)5-12-6-9(11)10(12)13/h7-9H,2-6,11H2,1H3. The fourth-order valence-corrected chi connectivity index (χ4v) is 2.47. The predicted octanol–water partition coefficient (Wildman–Crippen LogP) is 0.592. The fraction of sp³-hybridized carbons (Fsp3) is 0.900. The molecule has 3 heteroatoms. The molecule has 2 N–H and O–H groups in total. The number of nitrogens with zero attached hydrogens (tertiary/aromatic N) is 1. The van der Waals surface area contributed by atoms with Crippen molar-refractivity contribution in [2.45, 2.75) is 32.2 Å². The molecule has 3 nitrogen and oxygen atoms in total. The lowest BCUT2D eigenvalue weighted by Gasteiger charge is -2.38. The first-order valence-corrected chi connectivity index (χ1v) is 5.23. The number of carbonyl (C=O) groups excluding carboxylic acids is 1. The highest BCUT2D eigenvalue weighted by molar-refractivity contribution is 5.87. The van der Waals surface area contributed by atoms with Crippen molar-refractivity contribution in [3.8, 4) is 0 Å². The van der Waals surface area contributed by atoms with E-state index in [-0.39, 0.29) is 11.9 Å². The van der Waals surface area contributed by atoms with Gasteiger partial charge in [-0.1, -0.05) is 19.8 Å². The molecule has 1 heterocycles. The fourth-order valence-electron chi connectivity index (χ4n) is 2.47. The molecule has 2 aliphatic rings. The molecule has 2 fully saturated rings. The number of nitrogens with two attached hydrogens (primary N) is 1.